The Kier molecular flexibility index (Phi) is 8.48. The Morgan fingerprint density at radius 2 is 1.78 bits per heavy atom. The molecule has 1 saturated heterocycles. The summed E-state index contributed by atoms with van der Waals surface area (Å²) in [6.45, 7) is 12.8. The van der Waals surface area contributed by atoms with Gasteiger partial charge in [-0.05, 0) is 69.6 Å². The van der Waals surface area contributed by atoms with Crippen molar-refractivity contribution < 1.29 is 14.4 Å². The number of carbonyl (C=O) groups is 3. The van der Waals surface area contributed by atoms with Crippen molar-refractivity contribution in [3.05, 3.63) is 51.8 Å². The second-order valence-electron chi connectivity index (χ2n) is 9.93. The first-order chi connectivity index (χ1) is 17.8. The average molecular weight is 506 g/mol. The summed E-state index contributed by atoms with van der Waals surface area (Å²) in [7, 11) is 0. The highest BCUT2D eigenvalue weighted by Crippen LogP contribution is 2.35. The third-order valence-electron chi connectivity index (χ3n) is 7.54. The maximum Gasteiger partial charge on any atom is 0.256 e. The van der Waals surface area contributed by atoms with Crippen LogP contribution in [0.5, 0.6) is 0 Å². The van der Waals surface area contributed by atoms with Gasteiger partial charge in [-0.25, -0.2) is 0 Å². The van der Waals surface area contributed by atoms with E-state index in [2.05, 4.69) is 34.4 Å². The summed E-state index contributed by atoms with van der Waals surface area (Å²) in [6.07, 6.45) is 6.15. The van der Waals surface area contributed by atoms with Gasteiger partial charge in [-0.1, -0.05) is 26.7 Å². The smallest absolute Gasteiger partial charge is 0.256 e. The Labute approximate surface area is 219 Å². The molecule has 8 nitrogen and oxygen atoms in total. The molecule has 37 heavy (non-hydrogen) atoms. The van der Waals surface area contributed by atoms with Crippen molar-refractivity contribution in [2.45, 2.75) is 53.4 Å². The number of fused-ring (bicyclic) bond motifs is 1. The predicted molar refractivity (Wildman–Crippen MR) is 148 cm³/mol. The Balaban J connectivity index is 1.57. The van der Waals surface area contributed by atoms with Gasteiger partial charge in [-0.2, -0.15) is 0 Å². The van der Waals surface area contributed by atoms with E-state index in [1.54, 1.807) is 18.2 Å². The number of aromatic amines is 1. The quantitative estimate of drug-likeness (QED) is 0.468. The Morgan fingerprint density at radius 3 is 2.46 bits per heavy atom. The van der Waals surface area contributed by atoms with Gasteiger partial charge in [-0.15, -0.1) is 0 Å². The minimum Gasteiger partial charge on any atom is -0.358 e. The Hall–Kier alpha value is -3.39. The Morgan fingerprint density at radius 1 is 1.08 bits per heavy atom. The van der Waals surface area contributed by atoms with Crippen molar-refractivity contribution >= 4 is 35.1 Å². The summed E-state index contributed by atoms with van der Waals surface area (Å²) >= 11 is 0. The van der Waals surface area contributed by atoms with E-state index in [1.807, 2.05) is 24.8 Å². The summed E-state index contributed by atoms with van der Waals surface area (Å²) in [5.74, 6) is -0.324. The van der Waals surface area contributed by atoms with Crippen LogP contribution < -0.4 is 10.6 Å². The van der Waals surface area contributed by atoms with E-state index in [0.717, 1.165) is 69.7 Å². The number of aromatic nitrogens is 1. The molecule has 1 aromatic heterocycles. The number of H-pyrrole nitrogens is 1. The lowest BCUT2D eigenvalue weighted by atomic mass is 10.0. The monoisotopic (exact) mass is 505 g/mol. The number of hydrogen-bond donors (Lipinski definition) is 3. The van der Waals surface area contributed by atoms with Crippen LogP contribution in [0.2, 0.25) is 0 Å². The number of nitrogens with zero attached hydrogens (tertiary/aromatic N) is 2. The topological polar surface area (TPSA) is 97.5 Å². The molecule has 3 heterocycles. The number of likely N-dealkylation sites (tertiary alicyclic amines) is 1. The van der Waals surface area contributed by atoms with Crippen molar-refractivity contribution in [1.82, 2.24) is 20.1 Å². The number of aryl methyl sites for hydroxylation is 1. The first kappa shape index (κ1) is 26.7. The highest BCUT2D eigenvalue weighted by Gasteiger charge is 2.28. The summed E-state index contributed by atoms with van der Waals surface area (Å²) in [4.78, 5) is 46.5. The minimum atomic E-state index is -0.216. The molecule has 0 bridgehead atoms. The largest absolute Gasteiger partial charge is 0.358 e. The molecule has 3 N–H and O–H groups in total. The normalized spacial score (nSPS) is 16.6. The van der Waals surface area contributed by atoms with Gasteiger partial charge in [0.25, 0.3) is 17.7 Å². The fourth-order valence-electron chi connectivity index (χ4n) is 5.28. The van der Waals surface area contributed by atoms with E-state index in [0.29, 0.717) is 40.2 Å². The number of carbonyl (C=O) groups excluding carboxylic acids is 3. The summed E-state index contributed by atoms with van der Waals surface area (Å²) in [6, 6.07) is 5.42. The third-order valence-corrected chi connectivity index (χ3v) is 7.54. The second-order valence-corrected chi connectivity index (χ2v) is 9.93. The van der Waals surface area contributed by atoms with Crippen molar-refractivity contribution in [2.75, 3.05) is 44.6 Å². The number of likely N-dealkylation sites (N-methyl/N-ethyl adjacent to an activating group) is 1. The molecular formula is C29H39N5O3. The van der Waals surface area contributed by atoms with E-state index >= 15 is 0 Å². The number of amides is 3. The lowest BCUT2D eigenvalue weighted by Gasteiger charge is -2.20. The van der Waals surface area contributed by atoms with Gasteiger partial charge in [0.1, 0.15) is 0 Å². The van der Waals surface area contributed by atoms with Crippen LogP contribution in [0.15, 0.2) is 18.2 Å². The summed E-state index contributed by atoms with van der Waals surface area (Å²) in [5, 5.41) is 5.93. The molecule has 0 unspecified atom stereocenters. The SMILES string of the molecule is CCN(CC)CCNC(=O)c1c(C)[nH]c(C=C2C(=O)Nc3ccc(C(=O)N4CCCCCC4)cc32)c1C. The second kappa shape index (κ2) is 11.8. The Bertz CT molecular complexity index is 1200. The average Bonchev–Trinajstić information content (AvgIpc) is 3.19. The molecule has 0 aliphatic carbocycles. The van der Waals surface area contributed by atoms with E-state index in [1.165, 1.54) is 0 Å². The molecule has 3 amide bonds. The standard InChI is InChI=1S/C29H39N5O3/c1-5-33(6-2)16-13-30-28(36)26-19(3)25(31-20(26)4)18-23-22-17-21(11-12-24(22)32-27(23)35)29(37)34-14-9-7-8-10-15-34/h11-12,17-18,31H,5-10,13-16H2,1-4H3,(H,30,36)(H,32,35). The molecule has 1 aromatic carbocycles. The predicted octanol–water partition coefficient (Wildman–Crippen LogP) is 4.21. The number of anilines is 1. The van der Waals surface area contributed by atoms with Crippen LogP contribution in [0, 0.1) is 13.8 Å². The van der Waals surface area contributed by atoms with E-state index in [9.17, 15) is 14.4 Å². The highest BCUT2D eigenvalue weighted by atomic mass is 16.2. The molecule has 8 heteroatoms. The lowest BCUT2D eigenvalue weighted by molar-refractivity contribution is -0.110. The van der Waals surface area contributed by atoms with Crippen molar-refractivity contribution in [2.24, 2.45) is 0 Å². The summed E-state index contributed by atoms with van der Waals surface area (Å²) in [5.41, 5.74) is 5.36. The van der Waals surface area contributed by atoms with Crippen LogP contribution in [-0.4, -0.2) is 71.8 Å². The van der Waals surface area contributed by atoms with Crippen molar-refractivity contribution in [3.8, 4) is 0 Å². The zero-order valence-corrected chi connectivity index (χ0v) is 22.5. The van der Waals surface area contributed by atoms with Gasteiger partial charge in [0.2, 0.25) is 0 Å². The minimum absolute atomic E-state index is 0.0129. The van der Waals surface area contributed by atoms with E-state index < -0.39 is 0 Å². The van der Waals surface area contributed by atoms with Crippen LogP contribution >= 0.6 is 0 Å². The maximum absolute atomic E-state index is 13.2. The first-order valence-electron chi connectivity index (χ1n) is 13.5. The summed E-state index contributed by atoms with van der Waals surface area (Å²) < 4.78 is 0. The molecule has 2 aliphatic heterocycles. The third kappa shape index (κ3) is 5.80. The highest BCUT2D eigenvalue weighted by molar-refractivity contribution is 6.35. The molecule has 0 spiro atoms. The van der Waals surface area contributed by atoms with E-state index in [-0.39, 0.29) is 17.7 Å². The lowest BCUT2D eigenvalue weighted by Crippen LogP contribution is -2.35. The number of hydrogen-bond acceptors (Lipinski definition) is 4. The number of rotatable bonds is 8. The van der Waals surface area contributed by atoms with Gasteiger partial charge in [0, 0.05) is 54.4 Å². The van der Waals surface area contributed by atoms with Crippen molar-refractivity contribution in [3.63, 3.8) is 0 Å². The molecule has 4 rings (SSSR count). The van der Waals surface area contributed by atoms with E-state index in [4.69, 9.17) is 0 Å². The van der Waals surface area contributed by atoms with Gasteiger partial charge in [0.05, 0.1) is 11.1 Å². The molecule has 198 valence electrons. The van der Waals surface area contributed by atoms with Crippen LogP contribution in [0.25, 0.3) is 11.6 Å². The molecule has 0 atom stereocenters. The molecule has 0 radical (unpaired) electrons. The fourth-order valence-corrected chi connectivity index (χ4v) is 5.28. The van der Waals surface area contributed by atoms with Gasteiger partial charge >= 0.3 is 0 Å². The van der Waals surface area contributed by atoms with Crippen LogP contribution in [-0.2, 0) is 4.79 Å². The first-order valence-corrected chi connectivity index (χ1v) is 13.5. The van der Waals surface area contributed by atoms with Gasteiger partial charge in [0.15, 0.2) is 0 Å². The molecule has 2 aliphatic rings. The molecule has 1 fully saturated rings. The maximum atomic E-state index is 13.2. The molecule has 2 aromatic rings. The zero-order valence-electron chi connectivity index (χ0n) is 22.5. The molecular weight excluding hydrogens is 466 g/mol. The van der Waals surface area contributed by atoms with Gasteiger partial charge < -0.3 is 25.4 Å². The number of benzene rings is 1. The van der Waals surface area contributed by atoms with Crippen LogP contribution in [0.3, 0.4) is 0 Å². The van der Waals surface area contributed by atoms with Crippen LogP contribution in [0.4, 0.5) is 5.69 Å². The molecule has 0 saturated carbocycles. The zero-order chi connectivity index (χ0) is 26.5. The van der Waals surface area contributed by atoms with Crippen molar-refractivity contribution in [1.29, 1.82) is 0 Å². The fraction of sp³-hybridized carbons (Fsp3) is 0.483. The number of nitrogens with one attached hydrogen (secondary N) is 3. The van der Waals surface area contributed by atoms with Gasteiger partial charge in [-0.3, -0.25) is 14.4 Å². The van der Waals surface area contributed by atoms with Crippen LogP contribution in [0.1, 0.15) is 82.8 Å².